The maximum absolute atomic E-state index is 15.1. The highest BCUT2D eigenvalue weighted by Crippen LogP contribution is 2.42. The van der Waals surface area contributed by atoms with Gasteiger partial charge >= 0.3 is 0 Å². The highest BCUT2D eigenvalue weighted by atomic mass is 19.2. The van der Waals surface area contributed by atoms with Crippen molar-refractivity contribution in [3.63, 3.8) is 0 Å². The molecule has 0 radical (unpaired) electrons. The zero-order valence-electron chi connectivity index (χ0n) is 20.3. The number of rotatable bonds is 7. The topological polar surface area (TPSA) is 9.23 Å². The van der Waals surface area contributed by atoms with Gasteiger partial charge < -0.3 is 4.74 Å². The van der Waals surface area contributed by atoms with Crippen molar-refractivity contribution >= 4 is 0 Å². The van der Waals surface area contributed by atoms with Crippen molar-refractivity contribution in [3.05, 3.63) is 64.2 Å². The zero-order valence-corrected chi connectivity index (χ0v) is 20.3. The SMILES string of the molecule is CCC1CCC(c2ccc(C3CCC(CCc4ccc(OC)c(F)c4F)CC3)c(F)c2F)CC1. The number of halogens is 4. The van der Waals surface area contributed by atoms with Crippen LogP contribution in [0.4, 0.5) is 17.6 Å². The first kappa shape index (κ1) is 25.1. The van der Waals surface area contributed by atoms with E-state index in [2.05, 4.69) is 6.92 Å². The van der Waals surface area contributed by atoms with E-state index in [0.717, 1.165) is 70.1 Å². The normalized spacial score (nSPS) is 25.4. The van der Waals surface area contributed by atoms with E-state index in [1.165, 1.54) is 13.2 Å². The van der Waals surface area contributed by atoms with E-state index in [4.69, 9.17) is 4.74 Å². The average molecular weight is 477 g/mol. The third-order valence-corrected chi connectivity index (χ3v) is 8.46. The molecule has 2 aliphatic carbocycles. The van der Waals surface area contributed by atoms with Crippen LogP contribution in [-0.2, 0) is 6.42 Å². The molecule has 2 aromatic rings. The molecular weight excluding hydrogens is 440 g/mol. The molecule has 0 saturated heterocycles. The minimum absolute atomic E-state index is 0.0193. The Balaban J connectivity index is 1.33. The molecule has 0 N–H and O–H groups in total. The number of hydrogen-bond acceptors (Lipinski definition) is 1. The molecule has 0 heterocycles. The molecule has 0 bridgehead atoms. The van der Waals surface area contributed by atoms with E-state index >= 15 is 8.78 Å². The van der Waals surface area contributed by atoms with Gasteiger partial charge in [0.1, 0.15) is 0 Å². The van der Waals surface area contributed by atoms with Crippen LogP contribution in [0.1, 0.15) is 99.7 Å². The zero-order chi connectivity index (χ0) is 24.2. The minimum atomic E-state index is -0.942. The standard InChI is InChI=1S/C29H36F4O/c1-3-18-4-9-20(10-5-18)23-15-16-24(28(32)27(23)31)21-11-6-19(7-12-21)8-13-22-14-17-25(34-2)29(33)26(22)30/h14-21H,3-13H2,1-2H3. The fourth-order valence-electron chi connectivity index (χ4n) is 6.14. The minimum Gasteiger partial charge on any atom is -0.494 e. The van der Waals surface area contributed by atoms with Crippen molar-refractivity contribution in [3.8, 4) is 5.75 Å². The van der Waals surface area contributed by atoms with Crippen molar-refractivity contribution in [2.45, 2.75) is 89.4 Å². The van der Waals surface area contributed by atoms with Crippen LogP contribution in [0.3, 0.4) is 0 Å². The Bertz CT molecular complexity index is 973. The van der Waals surface area contributed by atoms with Crippen molar-refractivity contribution in [2.75, 3.05) is 7.11 Å². The molecular formula is C29H36F4O. The number of benzene rings is 2. The van der Waals surface area contributed by atoms with Gasteiger partial charge in [0, 0.05) is 0 Å². The first-order chi connectivity index (χ1) is 16.4. The lowest BCUT2D eigenvalue weighted by Gasteiger charge is -2.31. The van der Waals surface area contributed by atoms with Gasteiger partial charge in [-0.2, -0.15) is 4.39 Å². The summed E-state index contributed by atoms with van der Waals surface area (Å²) in [5, 5.41) is 0. The molecule has 2 fully saturated rings. The van der Waals surface area contributed by atoms with Crippen molar-refractivity contribution < 1.29 is 22.3 Å². The van der Waals surface area contributed by atoms with Crippen LogP contribution < -0.4 is 4.74 Å². The first-order valence-corrected chi connectivity index (χ1v) is 12.9. The van der Waals surface area contributed by atoms with E-state index in [-0.39, 0.29) is 17.6 Å². The monoisotopic (exact) mass is 476 g/mol. The smallest absolute Gasteiger partial charge is 0.200 e. The van der Waals surface area contributed by atoms with Gasteiger partial charge in [-0.05, 0) is 111 Å². The predicted octanol–water partition coefficient (Wildman–Crippen LogP) is 8.84. The van der Waals surface area contributed by atoms with Gasteiger partial charge in [0.05, 0.1) is 7.11 Å². The molecule has 5 heteroatoms. The van der Waals surface area contributed by atoms with Gasteiger partial charge in [-0.1, -0.05) is 31.5 Å². The summed E-state index contributed by atoms with van der Waals surface area (Å²) in [5.74, 6) is -1.92. The Morgan fingerprint density at radius 2 is 1.21 bits per heavy atom. The third kappa shape index (κ3) is 5.28. The molecule has 0 aromatic heterocycles. The van der Waals surface area contributed by atoms with Crippen LogP contribution in [-0.4, -0.2) is 7.11 Å². The van der Waals surface area contributed by atoms with Crippen LogP contribution in [0.25, 0.3) is 0 Å². The fourth-order valence-corrected chi connectivity index (χ4v) is 6.14. The second kappa shape index (κ2) is 11.1. The molecule has 186 valence electrons. The Morgan fingerprint density at radius 1 is 0.676 bits per heavy atom. The van der Waals surface area contributed by atoms with E-state index in [0.29, 0.717) is 29.0 Å². The maximum atomic E-state index is 15.1. The molecule has 2 aliphatic rings. The lowest BCUT2D eigenvalue weighted by atomic mass is 9.75. The number of hydrogen-bond donors (Lipinski definition) is 0. The highest BCUT2D eigenvalue weighted by Gasteiger charge is 2.29. The number of aryl methyl sites for hydroxylation is 1. The summed E-state index contributed by atoms with van der Waals surface area (Å²) < 4.78 is 63.2. The summed E-state index contributed by atoms with van der Waals surface area (Å²) in [5.41, 5.74) is 1.42. The van der Waals surface area contributed by atoms with E-state index in [1.807, 2.05) is 12.1 Å². The van der Waals surface area contributed by atoms with Crippen LogP contribution in [0.15, 0.2) is 24.3 Å². The fraction of sp³-hybridized carbons (Fsp3) is 0.586. The Morgan fingerprint density at radius 3 is 1.71 bits per heavy atom. The summed E-state index contributed by atoms with van der Waals surface area (Å²) in [7, 11) is 1.32. The molecule has 4 rings (SSSR count). The largest absolute Gasteiger partial charge is 0.494 e. The van der Waals surface area contributed by atoms with Gasteiger partial charge in [0.15, 0.2) is 23.2 Å². The molecule has 2 saturated carbocycles. The molecule has 0 amide bonds. The maximum Gasteiger partial charge on any atom is 0.200 e. The lowest BCUT2D eigenvalue weighted by Crippen LogP contribution is -2.17. The summed E-state index contributed by atoms with van der Waals surface area (Å²) >= 11 is 0. The second-order valence-corrected chi connectivity index (χ2v) is 10.3. The van der Waals surface area contributed by atoms with Crippen LogP contribution in [0, 0.1) is 35.1 Å². The number of ether oxygens (including phenoxy) is 1. The quantitative estimate of drug-likeness (QED) is 0.363. The van der Waals surface area contributed by atoms with Gasteiger partial charge in [0.2, 0.25) is 5.82 Å². The van der Waals surface area contributed by atoms with Crippen molar-refractivity contribution in [1.29, 1.82) is 0 Å². The molecule has 1 nitrogen and oxygen atoms in total. The summed E-state index contributed by atoms with van der Waals surface area (Å²) in [6.07, 6.45) is 9.81. The molecule has 0 aliphatic heterocycles. The molecule has 0 unspecified atom stereocenters. The van der Waals surface area contributed by atoms with Crippen LogP contribution in [0.2, 0.25) is 0 Å². The van der Waals surface area contributed by atoms with Crippen molar-refractivity contribution in [1.82, 2.24) is 0 Å². The summed E-state index contributed by atoms with van der Waals surface area (Å²) in [4.78, 5) is 0. The molecule has 0 atom stereocenters. The van der Waals surface area contributed by atoms with Gasteiger partial charge in [-0.3, -0.25) is 0 Å². The average Bonchev–Trinajstić information content (AvgIpc) is 2.87. The van der Waals surface area contributed by atoms with Gasteiger partial charge in [0.25, 0.3) is 0 Å². The van der Waals surface area contributed by atoms with Crippen LogP contribution >= 0.6 is 0 Å². The first-order valence-electron chi connectivity index (χ1n) is 12.9. The van der Waals surface area contributed by atoms with E-state index in [9.17, 15) is 8.78 Å². The van der Waals surface area contributed by atoms with Gasteiger partial charge in [-0.15, -0.1) is 0 Å². The summed E-state index contributed by atoms with van der Waals surface area (Å²) in [6.45, 7) is 2.20. The molecule has 0 spiro atoms. The molecule has 2 aromatic carbocycles. The highest BCUT2D eigenvalue weighted by molar-refractivity contribution is 5.32. The second-order valence-electron chi connectivity index (χ2n) is 10.3. The Kier molecular flexibility index (Phi) is 8.21. The molecule has 34 heavy (non-hydrogen) atoms. The van der Waals surface area contributed by atoms with Crippen LogP contribution in [0.5, 0.6) is 5.75 Å². The number of methoxy groups -OCH3 is 1. The van der Waals surface area contributed by atoms with Crippen molar-refractivity contribution in [2.24, 2.45) is 11.8 Å². The summed E-state index contributed by atoms with van der Waals surface area (Å²) in [6, 6.07) is 6.69. The van der Waals surface area contributed by atoms with E-state index < -0.39 is 23.3 Å². The Hall–Kier alpha value is -2.04. The van der Waals surface area contributed by atoms with Gasteiger partial charge in [-0.25, -0.2) is 13.2 Å². The Labute approximate surface area is 200 Å². The predicted molar refractivity (Wildman–Crippen MR) is 127 cm³/mol. The van der Waals surface area contributed by atoms with E-state index in [1.54, 1.807) is 6.07 Å². The lowest BCUT2D eigenvalue weighted by molar-refractivity contribution is 0.300. The third-order valence-electron chi connectivity index (χ3n) is 8.46.